The number of benzene rings is 2. The molecule has 2 aromatic carbocycles. The minimum Gasteiger partial charge on any atom is -0.244 e. The standard InChI is InChI=1S/C18H13ClF2N2/c19-14-4-2-13(3-5-14)17-10-22-11-23-18(17)6-1-12-7-15(20)9-16(21)8-12/h2-5,7-11H,1,6H2. The minimum absolute atomic E-state index is 0.492. The fraction of sp³-hybridized carbons (Fsp3) is 0.111. The van der Waals surface area contributed by atoms with Gasteiger partial charge in [0.05, 0.1) is 5.69 Å². The fourth-order valence-electron chi connectivity index (χ4n) is 2.44. The zero-order valence-corrected chi connectivity index (χ0v) is 12.9. The minimum atomic E-state index is -0.569. The van der Waals surface area contributed by atoms with Crippen molar-refractivity contribution in [2.45, 2.75) is 12.8 Å². The molecule has 0 aliphatic heterocycles. The lowest BCUT2D eigenvalue weighted by molar-refractivity contribution is 0.579. The van der Waals surface area contributed by atoms with Crippen molar-refractivity contribution in [1.29, 1.82) is 0 Å². The van der Waals surface area contributed by atoms with Crippen LogP contribution in [0.5, 0.6) is 0 Å². The van der Waals surface area contributed by atoms with Gasteiger partial charge in [-0.1, -0.05) is 23.7 Å². The largest absolute Gasteiger partial charge is 0.244 e. The molecule has 0 atom stereocenters. The molecule has 0 saturated heterocycles. The van der Waals surface area contributed by atoms with Gasteiger partial charge in [0.25, 0.3) is 0 Å². The van der Waals surface area contributed by atoms with Crippen LogP contribution in [0.4, 0.5) is 8.78 Å². The van der Waals surface area contributed by atoms with E-state index >= 15 is 0 Å². The number of halogens is 3. The lowest BCUT2D eigenvalue weighted by atomic mass is 10.0. The molecule has 0 unspecified atom stereocenters. The summed E-state index contributed by atoms with van der Waals surface area (Å²) in [7, 11) is 0. The van der Waals surface area contributed by atoms with Gasteiger partial charge in [0.15, 0.2) is 0 Å². The second-order valence-electron chi connectivity index (χ2n) is 5.17. The molecule has 1 heterocycles. The predicted octanol–water partition coefficient (Wildman–Crippen LogP) is 4.86. The number of rotatable bonds is 4. The summed E-state index contributed by atoms with van der Waals surface area (Å²) in [4.78, 5) is 8.37. The van der Waals surface area contributed by atoms with Crippen LogP contribution in [0.25, 0.3) is 11.1 Å². The second-order valence-corrected chi connectivity index (χ2v) is 5.60. The molecule has 3 aromatic rings. The first kappa shape index (κ1) is 15.6. The Kier molecular flexibility index (Phi) is 4.63. The van der Waals surface area contributed by atoms with Crippen molar-refractivity contribution in [2.75, 3.05) is 0 Å². The van der Waals surface area contributed by atoms with Gasteiger partial charge in [-0.2, -0.15) is 0 Å². The van der Waals surface area contributed by atoms with Gasteiger partial charge < -0.3 is 0 Å². The third kappa shape index (κ3) is 3.90. The van der Waals surface area contributed by atoms with E-state index in [1.54, 1.807) is 18.3 Å². The SMILES string of the molecule is Fc1cc(F)cc(CCc2ncncc2-c2ccc(Cl)cc2)c1. The Morgan fingerprint density at radius 1 is 0.913 bits per heavy atom. The summed E-state index contributed by atoms with van der Waals surface area (Å²) in [5.41, 5.74) is 3.27. The van der Waals surface area contributed by atoms with Crippen LogP contribution in [0.15, 0.2) is 55.0 Å². The zero-order chi connectivity index (χ0) is 16.2. The average molecular weight is 331 g/mol. The van der Waals surface area contributed by atoms with Crippen LogP contribution < -0.4 is 0 Å². The molecule has 0 amide bonds. The Labute approximate surface area is 137 Å². The highest BCUT2D eigenvalue weighted by Crippen LogP contribution is 2.24. The molecule has 3 rings (SSSR count). The number of aryl methyl sites for hydroxylation is 2. The Morgan fingerprint density at radius 3 is 2.30 bits per heavy atom. The number of aromatic nitrogens is 2. The van der Waals surface area contributed by atoms with E-state index < -0.39 is 11.6 Å². The molecule has 0 saturated carbocycles. The van der Waals surface area contributed by atoms with Crippen molar-refractivity contribution in [3.8, 4) is 11.1 Å². The molecule has 116 valence electrons. The van der Waals surface area contributed by atoms with Crippen LogP contribution in [0, 0.1) is 11.6 Å². The molecule has 5 heteroatoms. The van der Waals surface area contributed by atoms with Crippen LogP contribution in [0.3, 0.4) is 0 Å². The average Bonchev–Trinajstić information content (AvgIpc) is 2.53. The lowest BCUT2D eigenvalue weighted by Gasteiger charge is -2.08. The number of nitrogens with zero attached hydrogens (tertiary/aromatic N) is 2. The van der Waals surface area contributed by atoms with E-state index in [1.807, 2.05) is 12.1 Å². The normalized spacial score (nSPS) is 10.7. The van der Waals surface area contributed by atoms with Crippen molar-refractivity contribution in [3.63, 3.8) is 0 Å². The summed E-state index contributed by atoms with van der Waals surface area (Å²) in [6.07, 6.45) is 4.26. The maximum Gasteiger partial charge on any atom is 0.126 e. The molecule has 0 N–H and O–H groups in total. The Balaban J connectivity index is 1.84. The van der Waals surface area contributed by atoms with Crippen LogP contribution in [-0.4, -0.2) is 9.97 Å². The second kappa shape index (κ2) is 6.84. The maximum absolute atomic E-state index is 13.3. The Bertz CT molecular complexity index is 799. The summed E-state index contributed by atoms with van der Waals surface area (Å²) in [6.45, 7) is 0. The summed E-state index contributed by atoms with van der Waals surface area (Å²) in [5.74, 6) is -1.14. The first-order valence-corrected chi connectivity index (χ1v) is 7.49. The van der Waals surface area contributed by atoms with Crippen molar-refractivity contribution in [1.82, 2.24) is 9.97 Å². The molecule has 0 bridgehead atoms. The maximum atomic E-state index is 13.3. The van der Waals surface area contributed by atoms with E-state index in [2.05, 4.69) is 9.97 Å². The van der Waals surface area contributed by atoms with Crippen molar-refractivity contribution >= 4 is 11.6 Å². The predicted molar refractivity (Wildman–Crippen MR) is 86.2 cm³/mol. The van der Waals surface area contributed by atoms with E-state index in [-0.39, 0.29) is 0 Å². The van der Waals surface area contributed by atoms with Crippen LogP contribution >= 0.6 is 11.6 Å². The molecule has 2 nitrogen and oxygen atoms in total. The first-order chi connectivity index (χ1) is 11.1. The quantitative estimate of drug-likeness (QED) is 0.682. The molecule has 23 heavy (non-hydrogen) atoms. The summed E-state index contributed by atoms with van der Waals surface area (Å²) in [6, 6.07) is 10.9. The van der Waals surface area contributed by atoms with Gasteiger partial charge in [0.2, 0.25) is 0 Å². The number of hydrogen-bond acceptors (Lipinski definition) is 2. The van der Waals surface area contributed by atoms with E-state index in [1.165, 1.54) is 18.5 Å². The number of hydrogen-bond donors (Lipinski definition) is 0. The van der Waals surface area contributed by atoms with E-state index in [9.17, 15) is 8.78 Å². The van der Waals surface area contributed by atoms with Crippen molar-refractivity contribution in [3.05, 3.63) is 82.9 Å². The molecular formula is C18H13ClF2N2. The molecule has 0 fully saturated rings. The van der Waals surface area contributed by atoms with E-state index in [0.29, 0.717) is 23.4 Å². The summed E-state index contributed by atoms with van der Waals surface area (Å²) in [5, 5.41) is 0.655. The van der Waals surface area contributed by atoms with Crippen LogP contribution in [0.1, 0.15) is 11.3 Å². The van der Waals surface area contributed by atoms with Gasteiger partial charge in [-0.05, 0) is 48.2 Å². The highest BCUT2D eigenvalue weighted by molar-refractivity contribution is 6.30. The van der Waals surface area contributed by atoms with Gasteiger partial charge in [-0.25, -0.2) is 18.7 Å². The van der Waals surface area contributed by atoms with Gasteiger partial charge in [0, 0.05) is 22.8 Å². The lowest BCUT2D eigenvalue weighted by Crippen LogP contribution is -1.99. The summed E-state index contributed by atoms with van der Waals surface area (Å²) < 4.78 is 26.5. The van der Waals surface area contributed by atoms with Gasteiger partial charge >= 0.3 is 0 Å². The van der Waals surface area contributed by atoms with Crippen molar-refractivity contribution < 1.29 is 8.78 Å². The topological polar surface area (TPSA) is 25.8 Å². The highest BCUT2D eigenvalue weighted by atomic mass is 35.5. The summed E-state index contributed by atoms with van der Waals surface area (Å²) >= 11 is 5.91. The van der Waals surface area contributed by atoms with Gasteiger partial charge in [0.1, 0.15) is 18.0 Å². The van der Waals surface area contributed by atoms with Crippen molar-refractivity contribution in [2.24, 2.45) is 0 Å². The zero-order valence-electron chi connectivity index (χ0n) is 12.1. The van der Waals surface area contributed by atoms with Crippen LogP contribution in [-0.2, 0) is 12.8 Å². The molecule has 0 radical (unpaired) electrons. The van der Waals surface area contributed by atoms with Gasteiger partial charge in [-0.3, -0.25) is 0 Å². The third-order valence-electron chi connectivity index (χ3n) is 3.52. The van der Waals surface area contributed by atoms with E-state index in [0.717, 1.165) is 22.9 Å². The fourth-order valence-corrected chi connectivity index (χ4v) is 2.57. The highest BCUT2D eigenvalue weighted by Gasteiger charge is 2.08. The van der Waals surface area contributed by atoms with E-state index in [4.69, 9.17) is 11.6 Å². The van der Waals surface area contributed by atoms with Gasteiger partial charge in [-0.15, -0.1) is 0 Å². The molecule has 0 spiro atoms. The Hall–Kier alpha value is -2.33. The van der Waals surface area contributed by atoms with Crippen LogP contribution in [0.2, 0.25) is 5.02 Å². The molecular weight excluding hydrogens is 318 g/mol. The smallest absolute Gasteiger partial charge is 0.126 e. The first-order valence-electron chi connectivity index (χ1n) is 7.11. The Morgan fingerprint density at radius 2 is 1.61 bits per heavy atom. The molecule has 0 aliphatic carbocycles. The molecule has 1 aromatic heterocycles. The molecule has 0 aliphatic rings. The third-order valence-corrected chi connectivity index (χ3v) is 3.77. The monoisotopic (exact) mass is 330 g/mol.